The van der Waals surface area contributed by atoms with Gasteiger partial charge in [0.25, 0.3) is 0 Å². The summed E-state index contributed by atoms with van der Waals surface area (Å²) in [6, 6.07) is 6.64. The molecule has 3 amide bonds. The number of fused-ring (bicyclic) bond motifs is 2. The van der Waals surface area contributed by atoms with E-state index in [0.29, 0.717) is 45.1 Å². The van der Waals surface area contributed by atoms with Gasteiger partial charge >= 0.3 is 0 Å². The Kier molecular flexibility index (Phi) is 10.8. The standard InChI is InChI=1S/C31H47FN4O5/c1-3-20-7-6-8-22(13-20)31(10-11-31)34-19-27(37)25-16-21-14-23(32)17-24(15-21)41-12-5-4-9-29(39)36(2)26(18-28(33)38)30(40)35-25/h6-8,13,21,23-27,34,37H,3-5,9-12,14-19H2,1-2H3,(H2,33,38)(H,35,40). The third-order valence-electron chi connectivity index (χ3n) is 9.07. The fourth-order valence-electron chi connectivity index (χ4n) is 6.38. The Morgan fingerprint density at radius 2 is 2.02 bits per heavy atom. The van der Waals surface area contributed by atoms with Crippen molar-refractivity contribution in [3.05, 3.63) is 35.4 Å². The van der Waals surface area contributed by atoms with E-state index in [1.165, 1.54) is 23.1 Å². The van der Waals surface area contributed by atoms with Crippen molar-refractivity contribution in [3.8, 4) is 0 Å². The third-order valence-corrected chi connectivity index (χ3v) is 9.07. The van der Waals surface area contributed by atoms with Gasteiger partial charge in [-0.1, -0.05) is 31.2 Å². The van der Waals surface area contributed by atoms with Crippen LogP contribution < -0.4 is 16.4 Å². The highest BCUT2D eigenvalue weighted by Crippen LogP contribution is 2.45. The van der Waals surface area contributed by atoms with E-state index in [-0.39, 0.29) is 42.9 Å². The number of aryl methyl sites for hydroxylation is 1. The van der Waals surface area contributed by atoms with Gasteiger partial charge in [0.05, 0.1) is 24.7 Å². The number of amides is 3. The molecule has 1 saturated heterocycles. The zero-order chi connectivity index (χ0) is 29.6. The van der Waals surface area contributed by atoms with Crippen molar-refractivity contribution < 1.29 is 28.6 Å². The second kappa shape index (κ2) is 14.1. The Bertz CT molecular complexity index is 1070. The van der Waals surface area contributed by atoms with Gasteiger partial charge in [-0.15, -0.1) is 0 Å². The molecule has 10 heteroatoms. The smallest absolute Gasteiger partial charge is 0.243 e. The zero-order valence-corrected chi connectivity index (χ0v) is 24.4. The molecule has 1 aromatic rings. The summed E-state index contributed by atoms with van der Waals surface area (Å²) < 4.78 is 20.8. The number of nitrogens with zero attached hydrogens (tertiary/aromatic N) is 1. The first-order valence-electron chi connectivity index (χ1n) is 15.2. The summed E-state index contributed by atoms with van der Waals surface area (Å²) in [6.07, 6.45) is 3.33. The molecule has 3 fully saturated rings. The summed E-state index contributed by atoms with van der Waals surface area (Å²) in [5.41, 5.74) is 7.67. The topological polar surface area (TPSA) is 134 Å². The molecule has 1 aliphatic heterocycles. The average Bonchev–Trinajstić information content (AvgIpc) is 3.74. The number of hydrogen-bond donors (Lipinski definition) is 4. The summed E-state index contributed by atoms with van der Waals surface area (Å²) >= 11 is 0. The lowest BCUT2D eigenvalue weighted by Crippen LogP contribution is -2.56. The van der Waals surface area contributed by atoms with Crippen molar-refractivity contribution in [2.45, 2.75) is 114 Å². The molecule has 3 aliphatic rings. The number of primary amides is 1. The molecule has 2 saturated carbocycles. The highest BCUT2D eigenvalue weighted by atomic mass is 19.1. The van der Waals surface area contributed by atoms with Crippen molar-refractivity contribution in [2.75, 3.05) is 20.2 Å². The second-order valence-electron chi connectivity index (χ2n) is 12.2. The van der Waals surface area contributed by atoms with Crippen molar-refractivity contribution in [3.63, 3.8) is 0 Å². The number of halogens is 1. The number of aliphatic hydroxyl groups excluding tert-OH is 1. The van der Waals surface area contributed by atoms with Gasteiger partial charge in [0.2, 0.25) is 17.7 Å². The van der Waals surface area contributed by atoms with Crippen LogP contribution in [0.2, 0.25) is 0 Å². The number of alkyl halides is 1. The molecule has 0 spiro atoms. The van der Waals surface area contributed by atoms with Gasteiger partial charge in [-0.05, 0) is 68.4 Å². The third kappa shape index (κ3) is 8.49. The zero-order valence-electron chi connectivity index (χ0n) is 24.4. The molecule has 1 aromatic carbocycles. The molecular weight excluding hydrogens is 527 g/mol. The quantitative estimate of drug-likeness (QED) is 0.377. The Morgan fingerprint density at radius 1 is 1.24 bits per heavy atom. The van der Waals surface area contributed by atoms with Crippen LogP contribution in [0.5, 0.6) is 0 Å². The SMILES string of the molecule is CCc1cccc(C2(NCC(O)C3CC4CC(F)CC(C4)OCCCCC(=O)N(C)C(CC(N)=O)C(=O)N3)CC2)c1. The molecule has 5 N–H and O–H groups in total. The normalized spacial score (nSPS) is 30.0. The lowest BCUT2D eigenvalue weighted by atomic mass is 9.81. The fraction of sp³-hybridized carbons (Fsp3) is 0.710. The number of likely N-dealkylation sites (N-methyl/N-ethyl adjacent to an activating group) is 1. The molecule has 6 atom stereocenters. The van der Waals surface area contributed by atoms with E-state index in [2.05, 4.69) is 41.8 Å². The molecule has 4 rings (SSSR count). The second-order valence-corrected chi connectivity index (χ2v) is 12.2. The predicted molar refractivity (Wildman–Crippen MR) is 153 cm³/mol. The van der Waals surface area contributed by atoms with Gasteiger partial charge in [0.1, 0.15) is 12.2 Å². The molecule has 0 radical (unpaired) electrons. The van der Waals surface area contributed by atoms with Crippen molar-refractivity contribution in [1.29, 1.82) is 0 Å². The molecule has 2 aliphatic carbocycles. The van der Waals surface area contributed by atoms with Gasteiger partial charge in [-0.25, -0.2) is 4.39 Å². The summed E-state index contributed by atoms with van der Waals surface area (Å²) in [7, 11) is 1.50. The van der Waals surface area contributed by atoms with E-state index in [4.69, 9.17) is 10.5 Å². The Morgan fingerprint density at radius 3 is 2.73 bits per heavy atom. The summed E-state index contributed by atoms with van der Waals surface area (Å²) in [5.74, 6) is -1.61. The Balaban J connectivity index is 1.54. The minimum absolute atomic E-state index is 0.0982. The van der Waals surface area contributed by atoms with E-state index >= 15 is 0 Å². The molecule has 6 unspecified atom stereocenters. The molecule has 0 aromatic heterocycles. The van der Waals surface area contributed by atoms with Crippen LogP contribution in [0.3, 0.4) is 0 Å². The van der Waals surface area contributed by atoms with Crippen LogP contribution in [0.1, 0.15) is 82.3 Å². The summed E-state index contributed by atoms with van der Waals surface area (Å²) in [4.78, 5) is 39.6. The number of carbonyl (C=O) groups excluding carboxylic acids is 3. The number of ether oxygens (including phenoxy) is 1. The minimum atomic E-state index is -1.09. The summed E-state index contributed by atoms with van der Waals surface area (Å²) in [6.45, 7) is 2.77. The molecule has 228 valence electrons. The van der Waals surface area contributed by atoms with E-state index in [9.17, 15) is 23.9 Å². The van der Waals surface area contributed by atoms with Gasteiger partial charge in [-0.2, -0.15) is 0 Å². The van der Waals surface area contributed by atoms with E-state index in [1.54, 1.807) is 0 Å². The summed E-state index contributed by atoms with van der Waals surface area (Å²) in [5, 5.41) is 17.9. The van der Waals surface area contributed by atoms with Crippen LogP contribution in [-0.4, -0.2) is 78.4 Å². The van der Waals surface area contributed by atoms with Crippen LogP contribution in [0, 0.1) is 5.92 Å². The first-order chi connectivity index (χ1) is 19.6. The van der Waals surface area contributed by atoms with Crippen molar-refractivity contribution in [1.82, 2.24) is 15.5 Å². The molecule has 41 heavy (non-hydrogen) atoms. The van der Waals surface area contributed by atoms with Crippen molar-refractivity contribution >= 4 is 17.7 Å². The maximum absolute atomic E-state index is 14.8. The number of rotatable bonds is 8. The number of benzene rings is 1. The number of nitrogens with two attached hydrogens (primary N) is 1. The monoisotopic (exact) mass is 574 g/mol. The van der Waals surface area contributed by atoms with Crippen molar-refractivity contribution in [2.24, 2.45) is 11.7 Å². The first-order valence-corrected chi connectivity index (χ1v) is 15.2. The average molecular weight is 575 g/mol. The van der Waals surface area contributed by atoms with Gasteiger partial charge in [0, 0.05) is 38.6 Å². The largest absolute Gasteiger partial charge is 0.390 e. The maximum atomic E-state index is 14.8. The molecule has 9 nitrogen and oxygen atoms in total. The Labute approximate surface area is 242 Å². The van der Waals surface area contributed by atoms with Crippen LogP contribution in [0.25, 0.3) is 0 Å². The number of hydrogen-bond acceptors (Lipinski definition) is 6. The fourth-order valence-corrected chi connectivity index (χ4v) is 6.38. The van der Waals surface area contributed by atoms with E-state index in [0.717, 1.165) is 19.3 Å². The molecule has 2 bridgehead atoms. The van der Waals surface area contributed by atoms with Gasteiger partial charge < -0.3 is 31.1 Å². The molecular formula is C31H47FN4O5. The van der Waals surface area contributed by atoms with Crippen LogP contribution >= 0.6 is 0 Å². The highest BCUT2D eigenvalue weighted by Gasteiger charge is 2.45. The maximum Gasteiger partial charge on any atom is 0.243 e. The number of carbonyl (C=O) groups is 3. The van der Waals surface area contributed by atoms with Crippen LogP contribution in [-0.2, 0) is 31.1 Å². The van der Waals surface area contributed by atoms with E-state index < -0.39 is 36.2 Å². The first kappa shape index (κ1) is 31.4. The predicted octanol–water partition coefficient (Wildman–Crippen LogP) is 2.47. The van der Waals surface area contributed by atoms with Crippen LogP contribution in [0.4, 0.5) is 4.39 Å². The Hall–Kier alpha value is -2.56. The lowest BCUT2D eigenvalue weighted by Gasteiger charge is -2.36. The van der Waals surface area contributed by atoms with E-state index in [1.807, 2.05) is 0 Å². The number of nitrogens with one attached hydrogen (secondary N) is 2. The highest BCUT2D eigenvalue weighted by molar-refractivity contribution is 5.91. The minimum Gasteiger partial charge on any atom is -0.390 e. The molecule has 1 heterocycles. The van der Waals surface area contributed by atoms with Gasteiger partial charge in [-0.3, -0.25) is 14.4 Å². The van der Waals surface area contributed by atoms with Gasteiger partial charge in [0.15, 0.2) is 0 Å². The lowest BCUT2D eigenvalue weighted by molar-refractivity contribution is -0.141. The van der Waals surface area contributed by atoms with Crippen LogP contribution in [0.15, 0.2) is 24.3 Å². The number of aliphatic hydroxyl groups is 1.